The highest BCUT2D eigenvalue weighted by molar-refractivity contribution is 6.11. The smallest absolute Gasteiger partial charge is 0.339 e. The summed E-state index contributed by atoms with van der Waals surface area (Å²) >= 11 is 0. The van der Waals surface area contributed by atoms with E-state index < -0.39 is 0 Å². The van der Waals surface area contributed by atoms with Gasteiger partial charge in [0.05, 0.1) is 32.3 Å². The highest BCUT2D eigenvalue weighted by Gasteiger charge is 2.30. The third-order valence-electron chi connectivity index (χ3n) is 6.54. The van der Waals surface area contributed by atoms with E-state index in [9.17, 15) is 9.59 Å². The standard InChI is InChI=1S/C26H27N3O6/c1-4-34-24(30)15-6-5-7-29(13-15)26-27-11-18(12-28-26)22-19-10-21(33-3)20(32-2)9-16(19)8-17-14-35-25(31)23(17)22/h8-12,15H,4-7,13-14H2,1-3H3. The number of piperidine rings is 1. The number of carbonyl (C=O) groups is 2. The monoisotopic (exact) mass is 477 g/mol. The molecule has 0 spiro atoms. The minimum Gasteiger partial charge on any atom is -0.493 e. The molecule has 1 fully saturated rings. The van der Waals surface area contributed by atoms with Gasteiger partial charge in [0.15, 0.2) is 11.5 Å². The number of cyclic esters (lactones) is 1. The number of nitrogens with zero attached hydrogens (tertiary/aromatic N) is 3. The quantitative estimate of drug-likeness (QED) is 0.491. The van der Waals surface area contributed by atoms with Crippen LogP contribution < -0.4 is 14.4 Å². The second-order valence-electron chi connectivity index (χ2n) is 8.60. The van der Waals surface area contributed by atoms with E-state index in [1.54, 1.807) is 26.6 Å². The molecule has 2 aromatic carbocycles. The van der Waals surface area contributed by atoms with Crippen LogP contribution in [0.5, 0.6) is 11.5 Å². The van der Waals surface area contributed by atoms with Crippen molar-refractivity contribution in [3.63, 3.8) is 0 Å². The van der Waals surface area contributed by atoms with E-state index in [1.165, 1.54) is 0 Å². The summed E-state index contributed by atoms with van der Waals surface area (Å²) in [5.41, 5.74) is 2.72. The molecule has 0 radical (unpaired) electrons. The number of rotatable bonds is 6. The van der Waals surface area contributed by atoms with Gasteiger partial charge >= 0.3 is 11.9 Å². The molecule has 3 heterocycles. The molecule has 1 saturated heterocycles. The number of aromatic nitrogens is 2. The number of fused-ring (bicyclic) bond motifs is 2. The van der Waals surface area contributed by atoms with Crippen molar-refractivity contribution in [3.05, 3.63) is 41.7 Å². The molecular weight excluding hydrogens is 450 g/mol. The number of hydrogen-bond donors (Lipinski definition) is 0. The summed E-state index contributed by atoms with van der Waals surface area (Å²) in [4.78, 5) is 36.1. The first kappa shape index (κ1) is 22.9. The lowest BCUT2D eigenvalue weighted by atomic mass is 9.91. The lowest BCUT2D eigenvalue weighted by molar-refractivity contribution is -0.148. The molecule has 35 heavy (non-hydrogen) atoms. The molecule has 0 aliphatic carbocycles. The van der Waals surface area contributed by atoms with Gasteiger partial charge in [-0.3, -0.25) is 4.79 Å². The maximum atomic E-state index is 12.7. The third-order valence-corrected chi connectivity index (χ3v) is 6.54. The average molecular weight is 478 g/mol. The lowest BCUT2D eigenvalue weighted by Crippen LogP contribution is -2.40. The molecule has 1 atom stereocenters. The van der Waals surface area contributed by atoms with Crippen LogP contribution in [0.15, 0.2) is 30.6 Å². The maximum Gasteiger partial charge on any atom is 0.339 e. The van der Waals surface area contributed by atoms with E-state index >= 15 is 0 Å². The van der Waals surface area contributed by atoms with Gasteiger partial charge in [-0.25, -0.2) is 14.8 Å². The lowest BCUT2D eigenvalue weighted by Gasteiger charge is -2.31. The third kappa shape index (κ3) is 4.11. The average Bonchev–Trinajstić information content (AvgIpc) is 3.26. The van der Waals surface area contributed by atoms with E-state index in [1.807, 2.05) is 30.0 Å². The Hall–Kier alpha value is -3.88. The van der Waals surface area contributed by atoms with Gasteiger partial charge in [0, 0.05) is 42.2 Å². The number of esters is 2. The molecule has 5 rings (SSSR count). The van der Waals surface area contributed by atoms with Gasteiger partial charge in [-0.15, -0.1) is 0 Å². The van der Waals surface area contributed by atoms with Crippen LogP contribution in [0.2, 0.25) is 0 Å². The molecule has 2 aliphatic rings. The van der Waals surface area contributed by atoms with Crippen molar-refractivity contribution in [1.82, 2.24) is 9.97 Å². The van der Waals surface area contributed by atoms with Crippen molar-refractivity contribution in [2.24, 2.45) is 5.92 Å². The van der Waals surface area contributed by atoms with Gasteiger partial charge in [-0.1, -0.05) is 0 Å². The molecule has 2 aliphatic heterocycles. The summed E-state index contributed by atoms with van der Waals surface area (Å²) in [7, 11) is 3.16. The molecule has 1 unspecified atom stereocenters. The summed E-state index contributed by atoms with van der Waals surface area (Å²) < 4.78 is 21.5. The van der Waals surface area contributed by atoms with Crippen molar-refractivity contribution in [2.75, 3.05) is 38.8 Å². The Morgan fingerprint density at radius 3 is 2.57 bits per heavy atom. The van der Waals surface area contributed by atoms with Crippen molar-refractivity contribution < 1.29 is 28.5 Å². The molecule has 182 valence electrons. The number of hydrogen-bond acceptors (Lipinski definition) is 9. The number of benzene rings is 2. The summed E-state index contributed by atoms with van der Waals surface area (Å²) in [5, 5.41) is 1.71. The Balaban J connectivity index is 1.55. The minimum atomic E-state index is -0.371. The van der Waals surface area contributed by atoms with Gasteiger partial charge in [-0.2, -0.15) is 0 Å². The molecule has 0 bridgehead atoms. The molecule has 1 aromatic heterocycles. The first-order valence-corrected chi connectivity index (χ1v) is 11.7. The number of carbonyl (C=O) groups excluding carboxylic acids is 2. The van der Waals surface area contributed by atoms with Crippen LogP contribution in [-0.2, 0) is 20.9 Å². The Morgan fingerprint density at radius 2 is 1.86 bits per heavy atom. The van der Waals surface area contributed by atoms with Crippen molar-refractivity contribution in [2.45, 2.75) is 26.4 Å². The summed E-state index contributed by atoms with van der Waals surface area (Å²) in [6.07, 6.45) is 5.09. The van der Waals surface area contributed by atoms with Crippen molar-refractivity contribution in [1.29, 1.82) is 0 Å². The number of methoxy groups -OCH3 is 2. The van der Waals surface area contributed by atoms with E-state index in [0.29, 0.717) is 47.3 Å². The van der Waals surface area contributed by atoms with E-state index in [4.69, 9.17) is 18.9 Å². The van der Waals surface area contributed by atoms with Crippen LogP contribution in [-0.4, -0.2) is 55.8 Å². The fourth-order valence-corrected chi connectivity index (χ4v) is 4.87. The van der Waals surface area contributed by atoms with E-state index in [-0.39, 0.29) is 24.5 Å². The van der Waals surface area contributed by atoms with Crippen LogP contribution in [0.4, 0.5) is 5.95 Å². The van der Waals surface area contributed by atoms with Crippen molar-refractivity contribution >= 4 is 28.7 Å². The second kappa shape index (κ2) is 9.40. The summed E-state index contributed by atoms with van der Waals surface area (Å²) in [6, 6.07) is 5.69. The number of ether oxygens (including phenoxy) is 4. The van der Waals surface area contributed by atoms with Crippen LogP contribution in [0.25, 0.3) is 21.9 Å². The Morgan fingerprint density at radius 1 is 1.11 bits per heavy atom. The predicted molar refractivity (Wildman–Crippen MR) is 129 cm³/mol. The largest absolute Gasteiger partial charge is 0.493 e. The summed E-state index contributed by atoms with van der Waals surface area (Å²) in [5.74, 6) is 0.964. The second-order valence-corrected chi connectivity index (χ2v) is 8.60. The predicted octanol–water partition coefficient (Wildman–Crippen LogP) is 3.76. The van der Waals surface area contributed by atoms with Crippen LogP contribution in [0.1, 0.15) is 35.7 Å². The van der Waals surface area contributed by atoms with E-state index in [0.717, 1.165) is 35.7 Å². The SMILES string of the molecule is CCOC(=O)C1CCCN(c2ncc(-c3c4c(cc5cc(OC)c(OC)cc35)COC4=O)cn2)C1. The highest BCUT2D eigenvalue weighted by atomic mass is 16.5. The van der Waals surface area contributed by atoms with Gasteiger partial charge in [0.1, 0.15) is 6.61 Å². The summed E-state index contributed by atoms with van der Waals surface area (Å²) in [6.45, 7) is 3.68. The zero-order valence-electron chi connectivity index (χ0n) is 20.0. The topological polar surface area (TPSA) is 100 Å². The highest BCUT2D eigenvalue weighted by Crippen LogP contribution is 2.42. The fraction of sp³-hybridized carbons (Fsp3) is 0.385. The first-order valence-electron chi connectivity index (χ1n) is 11.7. The van der Waals surface area contributed by atoms with Crippen LogP contribution in [0, 0.1) is 5.92 Å². The fourth-order valence-electron chi connectivity index (χ4n) is 4.87. The van der Waals surface area contributed by atoms with Crippen molar-refractivity contribution in [3.8, 4) is 22.6 Å². The minimum absolute atomic E-state index is 0.178. The maximum absolute atomic E-state index is 12.7. The van der Waals surface area contributed by atoms with Gasteiger partial charge in [-0.05, 0) is 48.7 Å². The van der Waals surface area contributed by atoms with Crippen LogP contribution >= 0.6 is 0 Å². The Labute approximate surface area is 203 Å². The molecule has 0 amide bonds. The van der Waals surface area contributed by atoms with E-state index in [2.05, 4.69) is 9.97 Å². The van der Waals surface area contributed by atoms with Gasteiger partial charge < -0.3 is 23.8 Å². The molecule has 9 heteroatoms. The molecule has 3 aromatic rings. The molecule has 0 N–H and O–H groups in total. The zero-order valence-corrected chi connectivity index (χ0v) is 20.0. The molecular formula is C26H27N3O6. The molecule has 0 saturated carbocycles. The van der Waals surface area contributed by atoms with Crippen LogP contribution in [0.3, 0.4) is 0 Å². The number of anilines is 1. The van der Waals surface area contributed by atoms with Gasteiger partial charge in [0.2, 0.25) is 5.95 Å². The normalized spacial score (nSPS) is 17.2. The first-order chi connectivity index (χ1) is 17.0. The Kier molecular flexibility index (Phi) is 6.15. The Bertz CT molecular complexity index is 1290. The zero-order chi connectivity index (χ0) is 24.5. The molecule has 9 nitrogen and oxygen atoms in total. The van der Waals surface area contributed by atoms with Gasteiger partial charge in [0.25, 0.3) is 0 Å².